The molecule has 3 N–H and O–H groups in total. The summed E-state index contributed by atoms with van der Waals surface area (Å²) in [6.45, 7) is 0. The number of nitriles is 1. The first kappa shape index (κ1) is 10.3. The zero-order valence-electron chi connectivity index (χ0n) is 7.94. The van der Waals surface area contributed by atoms with Gasteiger partial charge in [0, 0.05) is 0 Å². The molecule has 0 unspecified atom stereocenters. The van der Waals surface area contributed by atoms with E-state index >= 15 is 0 Å². The van der Waals surface area contributed by atoms with Crippen molar-refractivity contribution in [1.29, 1.82) is 5.26 Å². The van der Waals surface area contributed by atoms with E-state index in [4.69, 9.17) is 23.2 Å². The van der Waals surface area contributed by atoms with Crippen LogP contribution in [0.4, 0.5) is 10.3 Å². The molecule has 5 nitrogen and oxygen atoms in total. The molecule has 0 aliphatic carbocycles. The van der Waals surface area contributed by atoms with Gasteiger partial charge in [-0.15, -0.1) is 5.10 Å². The van der Waals surface area contributed by atoms with Gasteiger partial charge in [0.15, 0.2) is 0 Å². The van der Waals surface area contributed by atoms with E-state index in [0.29, 0.717) is 0 Å². The second-order valence-electron chi connectivity index (χ2n) is 3.00. The third-order valence-electron chi connectivity index (χ3n) is 2.02. The molecule has 80 valence electrons. The molecule has 0 saturated heterocycles. The minimum atomic E-state index is -0.580. The number of nitrogen functional groups attached to an aromatic ring is 1. The number of H-pyrrole nitrogens is 1. The van der Waals surface area contributed by atoms with E-state index in [1.165, 1.54) is 16.7 Å². The van der Waals surface area contributed by atoms with E-state index in [9.17, 15) is 4.39 Å². The molecule has 0 amide bonds. The highest BCUT2D eigenvalue weighted by Gasteiger charge is 2.10. The van der Waals surface area contributed by atoms with Crippen LogP contribution in [0.5, 0.6) is 0 Å². The smallest absolute Gasteiger partial charge is 0.225 e. The number of hydrogen-bond donors (Lipinski definition) is 2. The van der Waals surface area contributed by atoms with Gasteiger partial charge in [0.05, 0.1) is 17.3 Å². The molecule has 0 aliphatic rings. The van der Waals surface area contributed by atoms with Crippen LogP contribution in [0.25, 0.3) is 5.69 Å². The van der Waals surface area contributed by atoms with Gasteiger partial charge in [-0.2, -0.15) is 5.26 Å². The Kier molecular flexibility index (Phi) is 2.42. The van der Waals surface area contributed by atoms with Crippen LogP contribution < -0.4 is 5.73 Å². The third kappa shape index (κ3) is 1.55. The zero-order valence-corrected chi connectivity index (χ0v) is 8.75. The monoisotopic (exact) mass is 235 g/mol. The topological polar surface area (TPSA) is 83.4 Å². The molecule has 1 heterocycles. The summed E-state index contributed by atoms with van der Waals surface area (Å²) in [5, 5.41) is 14.7. The Bertz CT molecular complexity index is 636. The fraction of sp³-hybridized carbons (Fsp3) is 0. The van der Waals surface area contributed by atoms with Gasteiger partial charge < -0.3 is 5.73 Å². The van der Waals surface area contributed by atoms with Crippen LogP contribution in [0.15, 0.2) is 18.2 Å². The molecule has 0 aliphatic heterocycles. The standard InChI is InChI=1S/C9H6FN5S/c10-6-3-5(4-11)1-2-7(6)15-8(12)13-14-9(15)16/h1-3H,(H2,12,13)(H,14,16). The molecule has 0 bridgehead atoms. The molecule has 0 saturated carbocycles. The Morgan fingerprint density at radius 2 is 2.31 bits per heavy atom. The summed E-state index contributed by atoms with van der Waals surface area (Å²) in [5.74, 6) is -0.517. The Labute approximate surface area is 94.9 Å². The molecule has 2 aromatic rings. The number of rotatable bonds is 1. The van der Waals surface area contributed by atoms with E-state index in [1.54, 1.807) is 0 Å². The van der Waals surface area contributed by atoms with Crippen LogP contribution >= 0.6 is 12.2 Å². The Morgan fingerprint density at radius 3 is 2.81 bits per heavy atom. The van der Waals surface area contributed by atoms with Crippen LogP contribution in [0.1, 0.15) is 5.56 Å². The van der Waals surface area contributed by atoms with Gasteiger partial charge in [0.1, 0.15) is 5.82 Å². The fourth-order valence-electron chi connectivity index (χ4n) is 1.30. The summed E-state index contributed by atoms with van der Waals surface area (Å²) in [5.41, 5.74) is 5.93. The highest BCUT2D eigenvalue weighted by atomic mass is 32.1. The summed E-state index contributed by atoms with van der Waals surface area (Å²) in [6.07, 6.45) is 0. The second-order valence-corrected chi connectivity index (χ2v) is 3.39. The maximum absolute atomic E-state index is 13.6. The van der Waals surface area contributed by atoms with Gasteiger partial charge in [-0.3, -0.25) is 4.57 Å². The van der Waals surface area contributed by atoms with E-state index in [2.05, 4.69) is 10.2 Å². The largest absolute Gasteiger partial charge is 0.368 e. The van der Waals surface area contributed by atoms with Crippen molar-refractivity contribution in [2.45, 2.75) is 0 Å². The van der Waals surface area contributed by atoms with E-state index in [0.717, 1.165) is 6.07 Å². The van der Waals surface area contributed by atoms with Gasteiger partial charge in [0.2, 0.25) is 10.7 Å². The normalized spacial score (nSPS) is 10.0. The van der Waals surface area contributed by atoms with Gasteiger partial charge in [-0.1, -0.05) is 0 Å². The van der Waals surface area contributed by atoms with Crippen molar-refractivity contribution in [3.05, 3.63) is 34.4 Å². The minimum absolute atomic E-state index is 0.0635. The van der Waals surface area contributed by atoms with Crippen LogP contribution in [0.2, 0.25) is 0 Å². The molecular weight excluding hydrogens is 229 g/mol. The number of benzene rings is 1. The van der Waals surface area contributed by atoms with Gasteiger partial charge in [-0.05, 0) is 30.4 Å². The zero-order chi connectivity index (χ0) is 11.7. The number of nitrogens with one attached hydrogen (secondary N) is 1. The lowest BCUT2D eigenvalue weighted by atomic mass is 10.2. The van der Waals surface area contributed by atoms with Crippen molar-refractivity contribution in [3.63, 3.8) is 0 Å². The molecule has 0 radical (unpaired) electrons. The number of anilines is 1. The molecule has 0 atom stereocenters. The molecule has 0 spiro atoms. The van der Waals surface area contributed by atoms with Gasteiger partial charge in [0.25, 0.3) is 0 Å². The summed E-state index contributed by atoms with van der Waals surface area (Å²) in [7, 11) is 0. The van der Waals surface area contributed by atoms with Crippen molar-refractivity contribution in [3.8, 4) is 11.8 Å². The lowest BCUT2D eigenvalue weighted by Gasteiger charge is -2.04. The molecule has 1 aromatic heterocycles. The fourth-order valence-corrected chi connectivity index (χ4v) is 1.54. The molecule has 16 heavy (non-hydrogen) atoms. The van der Waals surface area contributed by atoms with Crippen LogP contribution in [-0.4, -0.2) is 14.8 Å². The van der Waals surface area contributed by atoms with Gasteiger partial charge in [-0.25, -0.2) is 9.49 Å². The minimum Gasteiger partial charge on any atom is -0.368 e. The number of halogens is 1. The Balaban J connectivity index is 2.67. The predicted octanol–water partition coefficient (Wildman–Crippen LogP) is 1.52. The first-order valence-corrected chi connectivity index (χ1v) is 4.67. The first-order chi connectivity index (χ1) is 7.63. The van der Waals surface area contributed by atoms with Crippen molar-refractivity contribution in [1.82, 2.24) is 14.8 Å². The highest BCUT2D eigenvalue weighted by Crippen LogP contribution is 2.17. The number of aromatic amines is 1. The summed E-state index contributed by atoms with van der Waals surface area (Å²) in [6, 6.07) is 5.86. The highest BCUT2D eigenvalue weighted by molar-refractivity contribution is 7.71. The van der Waals surface area contributed by atoms with Crippen molar-refractivity contribution >= 4 is 18.2 Å². The van der Waals surface area contributed by atoms with E-state index < -0.39 is 5.82 Å². The van der Waals surface area contributed by atoms with E-state index in [-0.39, 0.29) is 22.0 Å². The number of nitrogens with two attached hydrogens (primary N) is 1. The molecule has 2 rings (SSSR count). The van der Waals surface area contributed by atoms with Gasteiger partial charge >= 0.3 is 0 Å². The molecule has 0 fully saturated rings. The lowest BCUT2D eigenvalue weighted by Crippen LogP contribution is -2.03. The third-order valence-corrected chi connectivity index (χ3v) is 2.29. The van der Waals surface area contributed by atoms with Crippen molar-refractivity contribution in [2.24, 2.45) is 0 Å². The van der Waals surface area contributed by atoms with Crippen LogP contribution in [0, 0.1) is 21.9 Å². The summed E-state index contributed by atoms with van der Waals surface area (Å²) in [4.78, 5) is 0. The van der Waals surface area contributed by atoms with Crippen molar-refractivity contribution in [2.75, 3.05) is 5.73 Å². The van der Waals surface area contributed by atoms with Crippen LogP contribution in [-0.2, 0) is 0 Å². The lowest BCUT2D eigenvalue weighted by molar-refractivity contribution is 0.617. The summed E-state index contributed by atoms with van der Waals surface area (Å²) >= 11 is 4.91. The maximum atomic E-state index is 13.6. The number of hydrogen-bond acceptors (Lipinski definition) is 4. The average Bonchev–Trinajstić information content (AvgIpc) is 2.59. The maximum Gasteiger partial charge on any atom is 0.225 e. The van der Waals surface area contributed by atoms with Crippen molar-refractivity contribution < 1.29 is 4.39 Å². The molecular formula is C9H6FN5S. The molecule has 1 aromatic carbocycles. The summed E-state index contributed by atoms with van der Waals surface area (Å²) < 4.78 is 15.1. The number of nitrogens with zero attached hydrogens (tertiary/aromatic N) is 3. The quantitative estimate of drug-likeness (QED) is 0.734. The van der Waals surface area contributed by atoms with Crippen LogP contribution in [0.3, 0.4) is 0 Å². The SMILES string of the molecule is N#Cc1ccc(-n2c(N)n[nH]c2=S)c(F)c1. The predicted molar refractivity (Wildman–Crippen MR) is 57.8 cm³/mol. The molecule has 7 heteroatoms. The first-order valence-electron chi connectivity index (χ1n) is 4.26. The van der Waals surface area contributed by atoms with E-state index in [1.807, 2.05) is 6.07 Å². The Hall–Kier alpha value is -2.20. The second kappa shape index (κ2) is 3.75. The Morgan fingerprint density at radius 1 is 1.56 bits per heavy atom. The number of aromatic nitrogens is 3. The average molecular weight is 235 g/mol.